The number of benzene rings is 8. The minimum absolute atomic E-state index is 0.00461. The molecule has 11 rings (SSSR count). The van der Waals surface area contributed by atoms with E-state index < -0.39 is 132 Å². The highest BCUT2D eigenvalue weighted by Gasteiger charge is 2.41. The fourth-order valence-corrected chi connectivity index (χ4v) is 14.2. The number of fused-ring (bicyclic) bond motifs is 8. The largest absolute Gasteiger partial charge is 0.504 e. The number of alkyl carbamates (subject to hydrolysis) is 2. The van der Waals surface area contributed by atoms with Crippen LogP contribution in [0.2, 0.25) is 30.7 Å². The second kappa shape index (κ2) is 41.6. The summed E-state index contributed by atoms with van der Waals surface area (Å²) in [5.74, 6) is -8.33. The van der Waals surface area contributed by atoms with Crippen LogP contribution in [0.5, 0.6) is 63.2 Å². The molecule has 8 aromatic rings. The van der Waals surface area contributed by atoms with Crippen molar-refractivity contribution < 1.29 is 119 Å². The summed E-state index contributed by atoms with van der Waals surface area (Å²) in [6, 6.07) is 22.7. The first-order valence-electron chi connectivity index (χ1n) is 38.4. The number of amides is 7. The van der Waals surface area contributed by atoms with Crippen molar-refractivity contribution in [3.63, 3.8) is 0 Å². The van der Waals surface area contributed by atoms with Crippen LogP contribution in [-0.2, 0) is 65.4 Å². The van der Waals surface area contributed by atoms with Gasteiger partial charge in [0, 0.05) is 50.9 Å². The van der Waals surface area contributed by atoms with Crippen molar-refractivity contribution in [2.75, 3.05) is 89.6 Å². The highest BCUT2D eigenvalue weighted by atomic mass is 35.5. The number of carbonyl (C=O) groups is 7. The number of ether oxygens (including phenoxy) is 14. The van der Waals surface area contributed by atoms with Gasteiger partial charge < -0.3 is 114 Å². The lowest BCUT2D eigenvalue weighted by Gasteiger charge is -2.32. The SMILES string of the molecule is COCCOCOC[C@H]1NC(=O)[C@H]2NC(=O)[C@H](NC(=O)[C@H](NC(=O)[C@@H](NC(=O)[C@@H](Cc3ccc(F)c([N+](=O)[O-])c3)NC(=O)OCC[Si](C)(C)C)c3cc(OC)cc(Oc4cc([C@H](COCc5ccccc5)NC(=O)OC(C)(C)C)ccc4OC)c3)c3cc(O)c(OC)c(c3)Oc3ccc(cc3Cl)[C@H]2O)c2ccc(OC)c(c2)-c2c(OC)cc(OC)cc21. The fourth-order valence-electron chi connectivity index (χ4n) is 13.2. The minimum Gasteiger partial charge on any atom is -0.504 e. The van der Waals surface area contributed by atoms with E-state index in [1.807, 2.05) is 50.0 Å². The van der Waals surface area contributed by atoms with E-state index in [0.29, 0.717) is 11.6 Å². The molecule has 7 amide bonds. The lowest BCUT2D eigenvalue weighted by molar-refractivity contribution is -0.387. The molecule has 3 aliphatic rings. The minimum atomic E-state index is -2.20. The van der Waals surface area contributed by atoms with Gasteiger partial charge in [-0.1, -0.05) is 85.8 Å². The van der Waals surface area contributed by atoms with E-state index in [1.165, 1.54) is 110 Å². The average Bonchev–Trinajstić information content (AvgIpc) is 0.759. The predicted octanol–water partition coefficient (Wildman–Crippen LogP) is 12.1. The van der Waals surface area contributed by atoms with Crippen molar-refractivity contribution in [3.05, 3.63) is 211 Å². The molecule has 36 heteroatoms. The van der Waals surface area contributed by atoms with Crippen LogP contribution in [0.25, 0.3) is 11.1 Å². The van der Waals surface area contributed by atoms with Gasteiger partial charge in [0.15, 0.2) is 23.0 Å². The number of nitrogens with zero attached hydrogens (tertiary/aromatic N) is 1. The summed E-state index contributed by atoms with van der Waals surface area (Å²) in [6.07, 6.45) is -4.53. The molecule has 0 fully saturated rings. The number of nitrogens with one attached hydrogen (secondary N) is 7. The van der Waals surface area contributed by atoms with Crippen molar-refractivity contribution in [2.45, 2.75) is 113 Å². The number of phenolic OH excluding ortho intramolecular Hbond substituents is 1. The Bertz CT molecular complexity index is 5110. The topological polar surface area (TPSA) is 417 Å². The van der Waals surface area contributed by atoms with Gasteiger partial charge in [-0.3, -0.25) is 34.1 Å². The molecular formula is C86H98ClFN8O25Si. The molecule has 122 heavy (non-hydrogen) atoms. The van der Waals surface area contributed by atoms with E-state index in [0.717, 1.165) is 29.8 Å². The van der Waals surface area contributed by atoms with Crippen LogP contribution in [0.15, 0.2) is 146 Å². The van der Waals surface area contributed by atoms with Gasteiger partial charge in [0.2, 0.25) is 41.1 Å². The number of aliphatic hydroxyl groups excluding tert-OH is 1. The lowest BCUT2D eigenvalue weighted by Crippen LogP contribution is -2.55. The summed E-state index contributed by atoms with van der Waals surface area (Å²) in [7, 11) is 7.60. The van der Waals surface area contributed by atoms with Crippen molar-refractivity contribution in [1.29, 1.82) is 0 Å². The van der Waals surface area contributed by atoms with Crippen LogP contribution in [0.3, 0.4) is 0 Å². The highest BCUT2D eigenvalue weighted by Crippen LogP contribution is 2.48. The van der Waals surface area contributed by atoms with Crippen LogP contribution in [-0.4, -0.2) is 172 Å². The van der Waals surface area contributed by atoms with Crippen molar-refractivity contribution >= 4 is 67.1 Å². The number of hydrogen-bond acceptors (Lipinski definition) is 25. The third kappa shape index (κ3) is 24.0. The summed E-state index contributed by atoms with van der Waals surface area (Å²) in [4.78, 5) is 119. The van der Waals surface area contributed by atoms with Gasteiger partial charge in [-0.05, 0) is 144 Å². The van der Waals surface area contributed by atoms with Crippen LogP contribution >= 0.6 is 11.6 Å². The van der Waals surface area contributed by atoms with E-state index in [-0.39, 0.29) is 153 Å². The average molecular weight is 1730 g/mol. The summed E-state index contributed by atoms with van der Waals surface area (Å²) in [5.41, 5.74) is -0.632. The Balaban J connectivity index is 1.16. The Morgan fingerprint density at radius 1 is 0.639 bits per heavy atom. The Kier molecular flexibility index (Phi) is 31.3. The van der Waals surface area contributed by atoms with Crippen LogP contribution in [0.4, 0.5) is 19.7 Å². The van der Waals surface area contributed by atoms with Crippen LogP contribution in [0.1, 0.15) is 102 Å². The second-order valence-electron chi connectivity index (χ2n) is 30.4. The first kappa shape index (κ1) is 91.8. The number of aromatic hydroxyl groups is 1. The maximum Gasteiger partial charge on any atom is 0.408 e. The summed E-state index contributed by atoms with van der Waals surface area (Å²) < 4.78 is 97.8. The molecule has 9 N–H and O–H groups in total. The maximum absolute atomic E-state index is 16.5. The van der Waals surface area contributed by atoms with Crippen molar-refractivity contribution in [3.8, 4) is 74.4 Å². The van der Waals surface area contributed by atoms with Gasteiger partial charge in [0.05, 0.1) is 104 Å². The zero-order chi connectivity index (χ0) is 88.3. The van der Waals surface area contributed by atoms with Crippen LogP contribution < -0.4 is 75.1 Å². The van der Waals surface area contributed by atoms with E-state index >= 15 is 28.4 Å². The maximum atomic E-state index is 16.5. The fraction of sp³-hybridized carbons (Fsp3) is 0.360. The normalized spacial score (nSPS) is 16.5. The molecule has 0 saturated carbocycles. The molecule has 650 valence electrons. The number of nitro benzene ring substituents is 1. The number of halogens is 2. The number of nitro groups is 1. The van der Waals surface area contributed by atoms with Crippen molar-refractivity contribution in [1.82, 2.24) is 37.2 Å². The molecule has 0 unspecified atom stereocenters. The molecular weight excluding hydrogens is 1630 g/mol. The van der Waals surface area contributed by atoms with Crippen molar-refractivity contribution in [2.24, 2.45) is 0 Å². The molecule has 8 aromatic carbocycles. The second-order valence-corrected chi connectivity index (χ2v) is 36.4. The summed E-state index contributed by atoms with van der Waals surface area (Å²) in [6.45, 7) is 10.9. The van der Waals surface area contributed by atoms with Crippen LogP contribution in [0, 0.1) is 15.9 Å². The van der Waals surface area contributed by atoms with Gasteiger partial charge in [0.1, 0.15) is 83.2 Å². The summed E-state index contributed by atoms with van der Waals surface area (Å²) in [5, 5.41) is 55.9. The molecule has 0 aromatic heterocycles. The molecule has 3 aliphatic heterocycles. The Morgan fingerprint density at radius 3 is 2.03 bits per heavy atom. The smallest absolute Gasteiger partial charge is 0.408 e. The van der Waals surface area contributed by atoms with Gasteiger partial charge in [-0.25, -0.2) is 9.59 Å². The van der Waals surface area contributed by atoms with Gasteiger partial charge in [-0.15, -0.1) is 0 Å². The number of carbonyl (C=O) groups excluding carboxylic acids is 7. The Morgan fingerprint density at radius 2 is 1.35 bits per heavy atom. The van der Waals surface area contributed by atoms with Gasteiger partial charge in [-0.2, -0.15) is 4.39 Å². The molecule has 0 radical (unpaired) electrons. The molecule has 0 saturated heterocycles. The number of methoxy groups -OCH3 is 7. The molecule has 8 bridgehead atoms. The van der Waals surface area contributed by atoms with E-state index in [4.69, 9.17) is 77.9 Å². The highest BCUT2D eigenvalue weighted by molar-refractivity contribution is 6.76. The first-order valence-corrected chi connectivity index (χ1v) is 42.5. The first-order chi connectivity index (χ1) is 58.2. The monoisotopic (exact) mass is 1720 g/mol. The van der Waals surface area contributed by atoms with E-state index in [9.17, 15) is 29.9 Å². The zero-order valence-electron chi connectivity index (χ0n) is 69.3. The quantitative estimate of drug-likeness (QED) is 0.00606. The van der Waals surface area contributed by atoms with Gasteiger partial charge >= 0.3 is 17.9 Å². The number of hydrogen-bond donors (Lipinski definition) is 9. The van der Waals surface area contributed by atoms with E-state index in [2.05, 4.69) is 37.2 Å². The molecule has 0 aliphatic carbocycles. The Hall–Kier alpha value is -12.5. The zero-order valence-corrected chi connectivity index (χ0v) is 71.1. The number of phenols is 1. The molecule has 8 atom stereocenters. The molecule has 0 spiro atoms. The molecule has 3 heterocycles. The lowest BCUT2D eigenvalue weighted by atomic mass is 9.89. The Labute approximate surface area is 708 Å². The molecule has 33 nitrogen and oxygen atoms in total. The standard InChI is InChI=1S/C86H98ClFN8O25Si/c1-86(2,3)121-85(105)91-62(44-116-43-47-17-15-14-16-18-47)49-20-26-68(112-8)69(38-49)119-56-34-52(33-54(40-56)109-5)74(92-79(99)61(90-84(104)118-29-30-122(11,12)13)31-48-19-23-60(88)64(32-48)96(106)107)81(101)94-75-53-37-65(97)78(114-10)71(39-53)120-67-25-22-51(36-59(67)87)77(98)76-83(103)89-63(45-117-46-115-28-27-108-4)57-41-55(110-6)42-70(113-9)72(57)58-35-50(21-24-66(58)111-7)73(80(100)95-76)93-82(75)102/h14-26,32-42,61-63,73-77,97-98H,27-31,43-46H2,1-13H3,(H,89,103)(H,90,104)(H,91,105)(H,92,99)(H,93,102)(H,94,101)(H,95,100)/t61-,62+,63-,73-,74+,75-,76+,77-/m1/s1. The van der Waals surface area contributed by atoms with Gasteiger partial charge in [0.25, 0.3) is 0 Å². The number of aliphatic hydroxyl groups is 1. The van der Waals surface area contributed by atoms with E-state index in [1.54, 1.807) is 51.1 Å². The summed E-state index contributed by atoms with van der Waals surface area (Å²) >= 11 is 7.04. The number of rotatable bonds is 33. The predicted molar refractivity (Wildman–Crippen MR) is 444 cm³/mol. The third-order valence-electron chi connectivity index (χ3n) is 19.3. The third-order valence-corrected chi connectivity index (χ3v) is 21.3.